The molecule has 0 fully saturated rings. The number of aryl methyl sites for hydroxylation is 1. The zero-order chi connectivity index (χ0) is 30.1. The van der Waals surface area contributed by atoms with Gasteiger partial charge in [0.05, 0.1) is 27.8 Å². The number of pyridine rings is 2. The van der Waals surface area contributed by atoms with Crippen molar-refractivity contribution < 1.29 is 9.84 Å². The smallest absolute Gasteiger partial charge is 0.219 e. The van der Waals surface area contributed by atoms with E-state index in [4.69, 9.17) is 9.72 Å². The van der Waals surface area contributed by atoms with Gasteiger partial charge in [-0.05, 0) is 67.1 Å². The van der Waals surface area contributed by atoms with Gasteiger partial charge in [0, 0.05) is 51.3 Å². The highest BCUT2D eigenvalue weighted by molar-refractivity contribution is 6.10. The van der Waals surface area contributed by atoms with Crippen LogP contribution in [0.4, 0.5) is 0 Å². The summed E-state index contributed by atoms with van der Waals surface area (Å²) in [6.07, 6.45) is 1.84. The first kappa shape index (κ1) is 25.4. The first-order valence-electron chi connectivity index (χ1n) is 14.9. The van der Waals surface area contributed by atoms with Crippen molar-refractivity contribution in [2.75, 3.05) is 0 Å². The number of nitrogens with zero attached hydrogens (tertiary/aromatic N) is 4. The van der Waals surface area contributed by atoms with E-state index in [2.05, 4.69) is 93.8 Å². The van der Waals surface area contributed by atoms with Crippen LogP contribution >= 0.6 is 0 Å². The minimum absolute atomic E-state index is 0.0934. The Hall–Kier alpha value is -6.14. The Morgan fingerprint density at radius 2 is 1.24 bits per heavy atom. The normalized spacial score (nSPS) is 11.8. The number of ether oxygens (including phenoxy) is 1. The number of aromatic nitrogens is 4. The fourth-order valence-corrected chi connectivity index (χ4v) is 6.59. The lowest BCUT2D eigenvalue weighted by atomic mass is 10.1. The number of fused-ring (bicyclic) bond motifs is 7. The molecule has 6 nitrogen and oxygen atoms in total. The molecular weight excluding hydrogens is 556 g/mol. The number of hydrogen-bond acceptors (Lipinski definition) is 4. The molecule has 0 spiro atoms. The van der Waals surface area contributed by atoms with Gasteiger partial charge in [0.2, 0.25) is 5.88 Å². The Bertz CT molecular complexity index is 2560. The van der Waals surface area contributed by atoms with Crippen LogP contribution in [0.2, 0.25) is 0 Å². The highest BCUT2D eigenvalue weighted by Gasteiger charge is 2.16. The highest BCUT2D eigenvalue weighted by atomic mass is 16.5. The van der Waals surface area contributed by atoms with Crippen molar-refractivity contribution in [1.29, 1.82) is 0 Å². The molecule has 0 unspecified atom stereocenters. The number of hydrogen-bond donors (Lipinski definition) is 1. The summed E-state index contributed by atoms with van der Waals surface area (Å²) in [5.41, 5.74) is 6.73. The average Bonchev–Trinajstić information content (AvgIpc) is 3.58. The summed E-state index contributed by atoms with van der Waals surface area (Å²) in [6.45, 7) is 2.07. The molecule has 0 amide bonds. The summed E-state index contributed by atoms with van der Waals surface area (Å²) >= 11 is 0. The molecule has 4 heterocycles. The third-order valence-corrected chi connectivity index (χ3v) is 8.57. The summed E-state index contributed by atoms with van der Waals surface area (Å²) in [7, 11) is 0. The van der Waals surface area contributed by atoms with E-state index in [9.17, 15) is 5.11 Å². The van der Waals surface area contributed by atoms with Crippen molar-refractivity contribution in [1.82, 2.24) is 19.1 Å². The summed E-state index contributed by atoms with van der Waals surface area (Å²) in [6, 6.07) is 42.8. The predicted molar refractivity (Wildman–Crippen MR) is 181 cm³/mol. The average molecular weight is 583 g/mol. The van der Waals surface area contributed by atoms with Crippen molar-refractivity contribution in [2.45, 2.75) is 6.92 Å². The number of phenolic OH excluding ortho intramolecular Hbond substituents is 1. The largest absolute Gasteiger partial charge is 0.506 e. The first-order chi connectivity index (χ1) is 22.1. The molecule has 9 rings (SSSR count). The van der Waals surface area contributed by atoms with Gasteiger partial charge in [-0.15, -0.1) is 0 Å². The minimum atomic E-state index is 0.0934. The van der Waals surface area contributed by atoms with Gasteiger partial charge in [-0.2, -0.15) is 0 Å². The molecule has 0 aliphatic carbocycles. The molecule has 0 saturated heterocycles. The molecule has 1 N–H and O–H groups in total. The van der Waals surface area contributed by atoms with Crippen molar-refractivity contribution >= 4 is 54.5 Å². The van der Waals surface area contributed by atoms with E-state index in [0.29, 0.717) is 17.1 Å². The maximum absolute atomic E-state index is 11.3. The third kappa shape index (κ3) is 3.96. The quantitative estimate of drug-likeness (QED) is 0.224. The van der Waals surface area contributed by atoms with Crippen LogP contribution < -0.4 is 4.74 Å². The van der Waals surface area contributed by atoms with Crippen LogP contribution in [0.25, 0.3) is 66.0 Å². The van der Waals surface area contributed by atoms with Gasteiger partial charge in [-0.1, -0.05) is 54.6 Å². The lowest BCUT2D eigenvalue weighted by Gasteiger charge is -2.12. The zero-order valence-electron chi connectivity index (χ0n) is 24.3. The van der Waals surface area contributed by atoms with Gasteiger partial charge in [0.1, 0.15) is 22.8 Å². The fraction of sp³-hybridized carbons (Fsp3) is 0.0256. The summed E-state index contributed by atoms with van der Waals surface area (Å²) < 4.78 is 10.7. The molecule has 45 heavy (non-hydrogen) atoms. The zero-order valence-corrected chi connectivity index (χ0v) is 24.3. The molecule has 0 saturated carbocycles. The van der Waals surface area contributed by atoms with Crippen LogP contribution in [-0.2, 0) is 0 Å². The SMILES string of the molecule is Cc1ccnc(-n2c3ccccc3c3ccc(Oc4ccc5cc(-n6c7ccccc7c7ccccc76)cc(O)c5n4)cc32)c1. The minimum Gasteiger partial charge on any atom is -0.506 e. The molecule has 4 aromatic heterocycles. The van der Waals surface area contributed by atoms with E-state index in [0.717, 1.165) is 55.3 Å². The van der Waals surface area contributed by atoms with Crippen LogP contribution in [0.5, 0.6) is 17.4 Å². The molecule has 6 heteroatoms. The van der Waals surface area contributed by atoms with Crippen LogP contribution in [0.15, 0.2) is 134 Å². The van der Waals surface area contributed by atoms with Crippen molar-refractivity contribution in [3.63, 3.8) is 0 Å². The van der Waals surface area contributed by atoms with Gasteiger partial charge < -0.3 is 14.4 Å². The second-order valence-corrected chi connectivity index (χ2v) is 11.4. The standard InChI is InChI=1S/C39H26N4O2/c1-24-18-19-40-37(20-24)43-34-13-7-4-10-30(34)31-16-15-27(23-35(31)43)45-38-17-14-25-21-26(22-36(44)39(25)41-38)42-32-11-5-2-8-28(32)29-9-3-6-12-33(29)42/h2-23,44H,1H3. The molecule has 0 radical (unpaired) electrons. The van der Waals surface area contributed by atoms with Crippen LogP contribution in [0, 0.1) is 6.92 Å². The van der Waals surface area contributed by atoms with E-state index in [1.165, 1.54) is 10.8 Å². The Morgan fingerprint density at radius 1 is 0.600 bits per heavy atom. The number of para-hydroxylation sites is 3. The summed E-state index contributed by atoms with van der Waals surface area (Å²) in [5, 5.41) is 16.7. The number of rotatable bonds is 4. The lowest BCUT2D eigenvalue weighted by molar-refractivity contribution is 0.460. The Balaban J connectivity index is 1.14. The molecule has 0 atom stereocenters. The van der Waals surface area contributed by atoms with Gasteiger partial charge in [0.15, 0.2) is 0 Å². The molecule has 9 aromatic rings. The topological polar surface area (TPSA) is 65.1 Å². The fourth-order valence-electron chi connectivity index (χ4n) is 6.59. The second kappa shape index (κ2) is 9.69. The monoisotopic (exact) mass is 582 g/mol. The number of aromatic hydroxyl groups is 1. The molecule has 0 aliphatic heterocycles. The van der Waals surface area contributed by atoms with Crippen LogP contribution in [-0.4, -0.2) is 24.2 Å². The van der Waals surface area contributed by atoms with Gasteiger partial charge >= 0.3 is 0 Å². The molecule has 0 aliphatic rings. The molecule has 214 valence electrons. The van der Waals surface area contributed by atoms with Gasteiger partial charge in [-0.25, -0.2) is 9.97 Å². The van der Waals surface area contributed by atoms with Gasteiger partial charge in [0.25, 0.3) is 0 Å². The van der Waals surface area contributed by atoms with Crippen LogP contribution in [0.3, 0.4) is 0 Å². The highest BCUT2D eigenvalue weighted by Crippen LogP contribution is 2.37. The Morgan fingerprint density at radius 3 is 1.93 bits per heavy atom. The molecular formula is C39H26N4O2. The maximum atomic E-state index is 11.3. The Kier molecular flexibility index (Phi) is 5.46. The van der Waals surface area contributed by atoms with E-state index in [1.807, 2.05) is 54.7 Å². The maximum Gasteiger partial charge on any atom is 0.219 e. The molecule has 0 bridgehead atoms. The number of phenols is 1. The summed E-state index contributed by atoms with van der Waals surface area (Å²) in [4.78, 5) is 9.41. The van der Waals surface area contributed by atoms with Crippen LogP contribution in [0.1, 0.15) is 5.56 Å². The first-order valence-corrected chi connectivity index (χ1v) is 14.9. The van der Waals surface area contributed by atoms with Crippen molar-refractivity contribution in [3.8, 4) is 28.9 Å². The number of benzene rings is 5. The van der Waals surface area contributed by atoms with E-state index >= 15 is 0 Å². The van der Waals surface area contributed by atoms with Crippen molar-refractivity contribution in [3.05, 3.63) is 139 Å². The van der Waals surface area contributed by atoms with E-state index < -0.39 is 0 Å². The van der Waals surface area contributed by atoms with Crippen molar-refractivity contribution in [2.24, 2.45) is 0 Å². The predicted octanol–water partition coefficient (Wildman–Crippen LogP) is 9.63. The molecule has 5 aromatic carbocycles. The van der Waals surface area contributed by atoms with E-state index in [1.54, 1.807) is 6.07 Å². The Labute approximate surface area is 258 Å². The summed E-state index contributed by atoms with van der Waals surface area (Å²) in [5.74, 6) is 1.99. The third-order valence-electron chi connectivity index (χ3n) is 8.57. The second-order valence-electron chi connectivity index (χ2n) is 11.4. The van der Waals surface area contributed by atoms with Gasteiger partial charge in [-0.3, -0.25) is 4.57 Å². The lowest BCUT2D eigenvalue weighted by Crippen LogP contribution is -1.98. The van der Waals surface area contributed by atoms with E-state index in [-0.39, 0.29) is 5.75 Å².